The third kappa shape index (κ3) is 12.7. The van der Waals surface area contributed by atoms with Crippen molar-refractivity contribution < 1.29 is 9.53 Å². The molecule has 0 spiro atoms. The fraction of sp³-hybridized carbons (Fsp3) is 0.938. The molecule has 126 valence electrons. The molecule has 0 saturated carbocycles. The number of unbranched alkanes of at least 4 members (excludes halogenated alkanes) is 4. The molecule has 0 radical (unpaired) electrons. The molecule has 0 amide bonds. The zero-order chi connectivity index (χ0) is 16.5. The summed E-state index contributed by atoms with van der Waals surface area (Å²) in [5.74, 6) is -0.171. The Labute approximate surface area is 145 Å². The first-order valence-corrected chi connectivity index (χ1v) is 13.2. The molecule has 0 aromatic rings. The number of ether oxygens (including phenoxy) is 1. The van der Waals surface area contributed by atoms with Crippen LogP contribution in [0.1, 0.15) is 65.7 Å². The molecule has 0 aromatic carbocycles. The van der Waals surface area contributed by atoms with Crippen molar-refractivity contribution in [3.63, 3.8) is 0 Å². The van der Waals surface area contributed by atoms with Crippen LogP contribution in [0, 0.1) is 0 Å². The Bertz CT molecular complexity index is 298. The Kier molecular flexibility index (Phi) is 10.5. The molecule has 0 saturated heterocycles. The fourth-order valence-corrected chi connectivity index (χ4v) is 3.46. The number of alkyl halides is 1. The molecule has 5 heteroatoms. The average molecular weight is 400 g/mol. The molecule has 0 aliphatic carbocycles. The van der Waals surface area contributed by atoms with E-state index in [0.717, 1.165) is 25.3 Å². The van der Waals surface area contributed by atoms with Crippen molar-refractivity contribution in [1.82, 2.24) is 0 Å². The lowest BCUT2D eigenvalue weighted by molar-refractivity contribution is -0.151. The highest BCUT2D eigenvalue weighted by molar-refractivity contribution is 9.10. The van der Waals surface area contributed by atoms with Crippen LogP contribution >= 0.6 is 27.0 Å². The Morgan fingerprint density at radius 3 is 2.24 bits per heavy atom. The van der Waals surface area contributed by atoms with Crippen LogP contribution in [0.25, 0.3) is 0 Å². The smallest absolute Gasteiger partial charge is 0.322 e. The molecule has 21 heavy (non-hydrogen) atoms. The first kappa shape index (κ1) is 21.5. The van der Waals surface area contributed by atoms with Gasteiger partial charge in [0.05, 0.1) is 0 Å². The molecule has 0 aliphatic heterocycles. The highest BCUT2D eigenvalue weighted by Gasteiger charge is 2.29. The largest absolute Gasteiger partial charge is 0.461 e. The number of rotatable bonds is 11. The standard InChI is InChI=1S/C16H32BrClO2Si/c1-6-7-8-9-10-11-14(12-13-21(4,5)18)20-15(19)16(2,3)17/h14H,6-13H2,1-5H3. The topological polar surface area (TPSA) is 26.3 Å². The van der Waals surface area contributed by atoms with Crippen molar-refractivity contribution in [3.05, 3.63) is 0 Å². The summed E-state index contributed by atoms with van der Waals surface area (Å²) >= 11 is 9.77. The molecule has 1 unspecified atom stereocenters. The molecule has 0 N–H and O–H groups in total. The second-order valence-corrected chi connectivity index (χ2v) is 15.9. The van der Waals surface area contributed by atoms with Crippen molar-refractivity contribution in [3.8, 4) is 0 Å². The minimum absolute atomic E-state index is 0.0153. The Balaban J connectivity index is 4.31. The lowest BCUT2D eigenvalue weighted by Crippen LogP contribution is -2.32. The van der Waals surface area contributed by atoms with E-state index in [1.165, 1.54) is 25.7 Å². The predicted molar refractivity (Wildman–Crippen MR) is 99.0 cm³/mol. The molecule has 0 aromatic heterocycles. The van der Waals surface area contributed by atoms with Gasteiger partial charge in [0.15, 0.2) is 7.38 Å². The van der Waals surface area contributed by atoms with Gasteiger partial charge in [-0.15, -0.1) is 0 Å². The van der Waals surface area contributed by atoms with Crippen molar-refractivity contribution >= 4 is 40.4 Å². The van der Waals surface area contributed by atoms with Gasteiger partial charge >= 0.3 is 5.97 Å². The SMILES string of the molecule is CCCCCCCC(CC[Si](C)(C)Cl)OC(=O)C(C)(C)Br. The molecule has 0 rings (SSSR count). The fourth-order valence-electron chi connectivity index (χ4n) is 2.03. The van der Waals surface area contributed by atoms with Gasteiger partial charge in [-0.25, -0.2) is 0 Å². The summed E-state index contributed by atoms with van der Waals surface area (Å²) in [6, 6.07) is 0.990. The number of carbonyl (C=O) groups is 1. The maximum Gasteiger partial charge on any atom is 0.322 e. The number of carbonyl (C=O) groups excluding carboxylic acids is 1. The zero-order valence-electron chi connectivity index (χ0n) is 14.3. The van der Waals surface area contributed by atoms with Crippen molar-refractivity contribution in [2.24, 2.45) is 0 Å². The highest BCUT2D eigenvalue weighted by atomic mass is 79.9. The van der Waals surface area contributed by atoms with Gasteiger partial charge in [0.25, 0.3) is 0 Å². The summed E-state index contributed by atoms with van der Waals surface area (Å²) in [5.41, 5.74) is 0. The van der Waals surface area contributed by atoms with Gasteiger partial charge in [0, 0.05) is 0 Å². The van der Waals surface area contributed by atoms with Crippen LogP contribution in [-0.2, 0) is 9.53 Å². The number of halogens is 2. The van der Waals surface area contributed by atoms with Gasteiger partial charge in [-0.3, -0.25) is 4.79 Å². The van der Waals surface area contributed by atoms with E-state index >= 15 is 0 Å². The Morgan fingerprint density at radius 1 is 1.19 bits per heavy atom. The summed E-state index contributed by atoms with van der Waals surface area (Å²) in [7, 11) is -1.61. The van der Waals surface area contributed by atoms with Crippen LogP contribution in [0.4, 0.5) is 0 Å². The van der Waals surface area contributed by atoms with Crippen LogP contribution in [0.5, 0.6) is 0 Å². The van der Waals surface area contributed by atoms with Crippen LogP contribution in [0.2, 0.25) is 19.1 Å². The normalized spacial score (nSPS) is 14.0. The van der Waals surface area contributed by atoms with Crippen molar-refractivity contribution in [1.29, 1.82) is 0 Å². The first-order valence-electron chi connectivity index (χ1n) is 8.15. The van der Waals surface area contributed by atoms with Crippen molar-refractivity contribution in [2.45, 2.75) is 95.3 Å². The van der Waals surface area contributed by atoms with Crippen LogP contribution in [-0.4, -0.2) is 23.8 Å². The summed E-state index contributed by atoms with van der Waals surface area (Å²) in [6.07, 6.45) is 8.04. The minimum atomic E-state index is -1.61. The third-order valence-corrected chi connectivity index (χ3v) is 5.82. The van der Waals surface area contributed by atoms with Crippen molar-refractivity contribution in [2.75, 3.05) is 0 Å². The van der Waals surface area contributed by atoms with E-state index in [9.17, 15) is 4.79 Å². The van der Waals surface area contributed by atoms with E-state index < -0.39 is 11.7 Å². The summed E-state index contributed by atoms with van der Waals surface area (Å²) < 4.78 is 5.08. The number of esters is 1. The summed E-state index contributed by atoms with van der Waals surface area (Å²) in [6.45, 7) is 10.2. The third-order valence-electron chi connectivity index (χ3n) is 3.45. The van der Waals surface area contributed by atoms with Gasteiger partial charge in [-0.2, -0.15) is 11.1 Å². The second kappa shape index (κ2) is 10.3. The quantitative estimate of drug-likeness (QED) is 0.135. The molecular formula is C16H32BrClO2Si. The maximum atomic E-state index is 12.0. The summed E-state index contributed by atoms with van der Waals surface area (Å²) in [5, 5.41) is 0. The zero-order valence-corrected chi connectivity index (χ0v) is 17.6. The molecule has 2 nitrogen and oxygen atoms in total. The molecule has 0 fully saturated rings. The van der Waals surface area contributed by atoms with E-state index in [1.54, 1.807) is 0 Å². The van der Waals surface area contributed by atoms with E-state index in [-0.39, 0.29) is 12.1 Å². The summed E-state index contributed by atoms with van der Waals surface area (Å²) in [4.78, 5) is 12.0. The van der Waals surface area contributed by atoms with E-state index in [4.69, 9.17) is 15.8 Å². The van der Waals surface area contributed by atoms with Gasteiger partial charge in [0.2, 0.25) is 0 Å². The van der Waals surface area contributed by atoms with Crippen LogP contribution in [0.15, 0.2) is 0 Å². The lowest BCUT2D eigenvalue weighted by atomic mass is 10.1. The second-order valence-electron chi connectivity index (χ2n) is 6.96. The first-order chi connectivity index (χ1) is 9.56. The maximum absolute atomic E-state index is 12.0. The molecular weight excluding hydrogens is 368 g/mol. The molecule has 1 atom stereocenters. The molecule has 0 bridgehead atoms. The monoisotopic (exact) mass is 398 g/mol. The Morgan fingerprint density at radius 2 is 1.76 bits per heavy atom. The predicted octanol–water partition coefficient (Wildman–Crippen LogP) is 6.27. The molecule has 0 aliphatic rings. The number of hydrogen-bond donors (Lipinski definition) is 0. The average Bonchev–Trinajstić information content (AvgIpc) is 2.33. The van der Waals surface area contributed by atoms with Crippen LogP contribution in [0.3, 0.4) is 0 Å². The van der Waals surface area contributed by atoms with Gasteiger partial charge in [0.1, 0.15) is 10.4 Å². The van der Waals surface area contributed by atoms with Gasteiger partial charge in [-0.1, -0.05) is 61.6 Å². The van der Waals surface area contributed by atoms with Gasteiger partial charge in [-0.05, 0) is 39.2 Å². The van der Waals surface area contributed by atoms with Gasteiger partial charge < -0.3 is 4.74 Å². The Hall–Kier alpha value is 0.457. The molecule has 0 heterocycles. The van der Waals surface area contributed by atoms with E-state index in [2.05, 4.69) is 35.9 Å². The highest BCUT2D eigenvalue weighted by Crippen LogP contribution is 2.25. The van der Waals surface area contributed by atoms with E-state index in [0.29, 0.717) is 0 Å². The lowest BCUT2D eigenvalue weighted by Gasteiger charge is -2.24. The number of hydrogen-bond acceptors (Lipinski definition) is 2. The van der Waals surface area contributed by atoms with Crippen LogP contribution < -0.4 is 0 Å². The van der Waals surface area contributed by atoms with E-state index in [1.807, 2.05) is 13.8 Å². The minimum Gasteiger partial charge on any atom is -0.461 e.